The minimum absolute atomic E-state index is 0.0617. The van der Waals surface area contributed by atoms with Gasteiger partial charge in [0.25, 0.3) is 0 Å². The molecule has 1 aromatic carbocycles. The Hall–Kier alpha value is -1.26. The molecule has 20 heavy (non-hydrogen) atoms. The fraction of sp³-hybridized carbons (Fsp3) is 0.533. The molecule has 0 saturated carbocycles. The van der Waals surface area contributed by atoms with Gasteiger partial charge in [-0.15, -0.1) is 0 Å². The summed E-state index contributed by atoms with van der Waals surface area (Å²) in [5.41, 5.74) is 7.52. The topological polar surface area (TPSA) is 58.4 Å². The van der Waals surface area contributed by atoms with E-state index in [2.05, 4.69) is 30.1 Å². The normalized spacial score (nSPS) is 18.8. The van der Waals surface area contributed by atoms with E-state index in [1.807, 2.05) is 12.1 Å². The Kier molecular flexibility index (Phi) is 4.89. The zero-order valence-corrected chi connectivity index (χ0v) is 12.8. The summed E-state index contributed by atoms with van der Waals surface area (Å²) in [5, 5.41) is 4.10. The van der Waals surface area contributed by atoms with Crippen molar-refractivity contribution in [3.8, 4) is 0 Å². The quantitative estimate of drug-likeness (QED) is 0.875. The molecule has 0 radical (unpaired) electrons. The minimum Gasteiger partial charge on any atom is -0.370 e. The lowest BCUT2D eigenvalue weighted by Crippen LogP contribution is -2.27. The van der Waals surface area contributed by atoms with Crippen LogP contribution in [0, 0.1) is 5.92 Å². The lowest BCUT2D eigenvalue weighted by Gasteiger charge is -2.20. The van der Waals surface area contributed by atoms with Gasteiger partial charge in [0, 0.05) is 25.7 Å². The van der Waals surface area contributed by atoms with E-state index in [-0.39, 0.29) is 11.8 Å². The first-order chi connectivity index (χ1) is 9.47. The number of nitrogens with one attached hydrogen (secondary N) is 1. The van der Waals surface area contributed by atoms with Crippen LogP contribution in [-0.4, -0.2) is 25.0 Å². The number of benzene rings is 1. The summed E-state index contributed by atoms with van der Waals surface area (Å²) >= 11 is 6.37. The number of anilines is 1. The van der Waals surface area contributed by atoms with Crippen LogP contribution in [-0.2, 0) is 11.3 Å². The van der Waals surface area contributed by atoms with Crippen molar-refractivity contribution < 1.29 is 4.79 Å². The third kappa shape index (κ3) is 3.64. The molecule has 0 aromatic heterocycles. The van der Waals surface area contributed by atoms with Gasteiger partial charge in [0.1, 0.15) is 0 Å². The molecule has 1 aliphatic heterocycles. The highest BCUT2D eigenvalue weighted by Gasteiger charge is 2.27. The molecule has 0 spiro atoms. The van der Waals surface area contributed by atoms with Gasteiger partial charge >= 0.3 is 0 Å². The summed E-state index contributed by atoms with van der Waals surface area (Å²) in [5.74, 6) is -0.283. The molecule has 2 rings (SSSR count). The van der Waals surface area contributed by atoms with Crippen molar-refractivity contribution in [3.05, 3.63) is 28.8 Å². The highest BCUT2D eigenvalue weighted by molar-refractivity contribution is 6.33. The summed E-state index contributed by atoms with van der Waals surface area (Å²) in [7, 11) is 0. The van der Waals surface area contributed by atoms with Crippen molar-refractivity contribution in [1.29, 1.82) is 0 Å². The van der Waals surface area contributed by atoms with E-state index in [4.69, 9.17) is 17.3 Å². The zero-order chi connectivity index (χ0) is 14.7. The van der Waals surface area contributed by atoms with Crippen molar-refractivity contribution in [2.75, 3.05) is 18.0 Å². The molecule has 1 heterocycles. The molecule has 1 aliphatic rings. The van der Waals surface area contributed by atoms with Crippen LogP contribution in [0.15, 0.2) is 18.2 Å². The van der Waals surface area contributed by atoms with Gasteiger partial charge in [0.05, 0.1) is 16.6 Å². The van der Waals surface area contributed by atoms with Gasteiger partial charge in [0.2, 0.25) is 5.91 Å². The number of carbonyl (C=O) groups excluding carboxylic acids is 1. The fourth-order valence-corrected chi connectivity index (χ4v) is 2.77. The van der Waals surface area contributed by atoms with Crippen LogP contribution in [0.5, 0.6) is 0 Å². The van der Waals surface area contributed by atoms with Crippen molar-refractivity contribution in [3.63, 3.8) is 0 Å². The summed E-state index contributed by atoms with van der Waals surface area (Å²) in [6, 6.07) is 6.55. The van der Waals surface area contributed by atoms with Crippen LogP contribution in [0.25, 0.3) is 0 Å². The third-order valence-electron chi connectivity index (χ3n) is 3.66. The first kappa shape index (κ1) is 15.1. The standard InChI is InChI=1S/C15H22ClN3O/c1-10(2)18-8-11-3-4-14(13(16)7-11)19-6-5-12(9-19)15(17)20/h3-4,7,10,12,18H,5-6,8-9H2,1-2H3,(H2,17,20). The molecule has 1 saturated heterocycles. The highest BCUT2D eigenvalue weighted by Crippen LogP contribution is 2.31. The average Bonchev–Trinajstić information content (AvgIpc) is 2.86. The molecule has 1 atom stereocenters. The molecule has 1 unspecified atom stereocenters. The van der Waals surface area contributed by atoms with E-state index in [1.165, 1.54) is 0 Å². The van der Waals surface area contributed by atoms with E-state index in [9.17, 15) is 4.79 Å². The summed E-state index contributed by atoms with van der Waals surface area (Å²) in [6.45, 7) is 6.53. The monoisotopic (exact) mass is 295 g/mol. The Balaban J connectivity index is 2.05. The first-order valence-corrected chi connectivity index (χ1v) is 7.41. The SMILES string of the molecule is CC(C)NCc1ccc(N2CCC(C(N)=O)C2)c(Cl)c1. The number of nitrogens with two attached hydrogens (primary N) is 1. The Labute approximate surface area is 125 Å². The number of primary amides is 1. The number of carbonyl (C=O) groups is 1. The van der Waals surface area contributed by atoms with Crippen molar-refractivity contribution in [1.82, 2.24) is 5.32 Å². The van der Waals surface area contributed by atoms with Crippen LogP contribution >= 0.6 is 11.6 Å². The van der Waals surface area contributed by atoms with Gasteiger partial charge in [-0.3, -0.25) is 4.79 Å². The molecule has 110 valence electrons. The number of hydrogen-bond donors (Lipinski definition) is 2. The Morgan fingerprint density at radius 1 is 1.55 bits per heavy atom. The number of hydrogen-bond acceptors (Lipinski definition) is 3. The third-order valence-corrected chi connectivity index (χ3v) is 3.96. The average molecular weight is 296 g/mol. The van der Waals surface area contributed by atoms with Gasteiger partial charge in [-0.1, -0.05) is 31.5 Å². The van der Waals surface area contributed by atoms with Gasteiger partial charge in [-0.25, -0.2) is 0 Å². The number of nitrogens with zero attached hydrogens (tertiary/aromatic N) is 1. The maximum absolute atomic E-state index is 11.2. The van der Waals surface area contributed by atoms with E-state index in [0.717, 1.165) is 35.8 Å². The molecule has 4 nitrogen and oxygen atoms in total. The van der Waals surface area contributed by atoms with Crippen LogP contribution in [0.4, 0.5) is 5.69 Å². The van der Waals surface area contributed by atoms with E-state index >= 15 is 0 Å². The molecule has 1 amide bonds. The van der Waals surface area contributed by atoms with E-state index < -0.39 is 0 Å². The molecule has 3 N–H and O–H groups in total. The number of rotatable bonds is 5. The predicted octanol–water partition coefficient (Wildman–Crippen LogP) is 2.15. The van der Waals surface area contributed by atoms with Crippen LogP contribution in [0.2, 0.25) is 5.02 Å². The Bertz CT molecular complexity index is 490. The fourth-order valence-electron chi connectivity index (χ4n) is 2.45. The largest absolute Gasteiger partial charge is 0.370 e. The Morgan fingerprint density at radius 3 is 2.85 bits per heavy atom. The molecule has 5 heteroatoms. The molecular formula is C15H22ClN3O. The van der Waals surface area contributed by atoms with Crippen molar-refractivity contribution in [2.45, 2.75) is 32.9 Å². The lowest BCUT2D eigenvalue weighted by molar-refractivity contribution is -0.121. The molecular weight excluding hydrogens is 274 g/mol. The predicted molar refractivity (Wildman–Crippen MR) is 82.9 cm³/mol. The molecule has 0 aliphatic carbocycles. The van der Waals surface area contributed by atoms with Crippen molar-refractivity contribution in [2.24, 2.45) is 11.7 Å². The second-order valence-corrected chi connectivity index (χ2v) is 6.06. The second-order valence-electron chi connectivity index (χ2n) is 5.66. The maximum Gasteiger partial charge on any atom is 0.222 e. The van der Waals surface area contributed by atoms with Crippen LogP contribution in [0.3, 0.4) is 0 Å². The zero-order valence-electron chi connectivity index (χ0n) is 12.0. The van der Waals surface area contributed by atoms with Gasteiger partial charge in [-0.05, 0) is 24.1 Å². The number of amides is 1. The van der Waals surface area contributed by atoms with E-state index in [0.29, 0.717) is 12.6 Å². The summed E-state index contributed by atoms with van der Waals surface area (Å²) < 4.78 is 0. The van der Waals surface area contributed by atoms with Gasteiger partial charge in [0.15, 0.2) is 0 Å². The lowest BCUT2D eigenvalue weighted by atomic mass is 10.1. The minimum atomic E-state index is -0.221. The maximum atomic E-state index is 11.2. The second kappa shape index (κ2) is 6.46. The van der Waals surface area contributed by atoms with Crippen LogP contribution < -0.4 is 16.0 Å². The van der Waals surface area contributed by atoms with E-state index in [1.54, 1.807) is 0 Å². The van der Waals surface area contributed by atoms with Crippen molar-refractivity contribution >= 4 is 23.2 Å². The smallest absolute Gasteiger partial charge is 0.222 e. The molecule has 1 fully saturated rings. The first-order valence-electron chi connectivity index (χ1n) is 7.03. The van der Waals surface area contributed by atoms with Gasteiger partial charge < -0.3 is 16.0 Å². The highest BCUT2D eigenvalue weighted by atomic mass is 35.5. The molecule has 0 bridgehead atoms. The Morgan fingerprint density at radius 2 is 2.30 bits per heavy atom. The summed E-state index contributed by atoms with van der Waals surface area (Å²) in [4.78, 5) is 13.4. The summed E-state index contributed by atoms with van der Waals surface area (Å²) in [6.07, 6.45) is 0.808. The number of halogens is 1. The van der Waals surface area contributed by atoms with Crippen LogP contribution in [0.1, 0.15) is 25.8 Å². The molecule has 1 aromatic rings. The van der Waals surface area contributed by atoms with Gasteiger partial charge in [-0.2, -0.15) is 0 Å².